The second kappa shape index (κ2) is 14.1. The SMILES string of the molecule is CCOC(C)CC(CC(CC(F)(Cl)C(C)(F)F)OCCCCO)OC1CCCCC1. The van der Waals surface area contributed by atoms with Crippen LogP contribution >= 0.6 is 11.6 Å². The van der Waals surface area contributed by atoms with Crippen LogP contribution in [0.4, 0.5) is 13.2 Å². The summed E-state index contributed by atoms with van der Waals surface area (Å²) >= 11 is 5.58. The summed E-state index contributed by atoms with van der Waals surface area (Å²) in [6, 6.07) is 0. The molecule has 0 aromatic heterocycles. The Hall–Kier alpha value is -0.0800. The average Bonchev–Trinajstić information content (AvgIpc) is 2.65. The van der Waals surface area contributed by atoms with Gasteiger partial charge in [0.1, 0.15) is 0 Å². The highest BCUT2D eigenvalue weighted by Gasteiger charge is 2.51. The number of aliphatic hydroxyl groups is 1. The lowest BCUT2D eigenvalue weighted by Crippen LogP contribution is -2.42. The molecule has 4 unspecified atom stereocenters. The van der Waals surface area contributed by atoms with E-state index in [1.807, 2.05) is 13.8 Å². The largest absolute Gasteiger partial charge is 0.396 e. The molecule has 0 aromatic carbocycles. The molecule has 0 saturated heterocycles. The van der Waals surface area contributed by atoms with Crippen LogP contribution in [-0.2, 0) is 14.2 Å². The quantitative estimate of drug-likeness (QED) is 0.226. The van der Waals surface area contributed by atoms with Crippen molar-refractivity contribution >= 4 is 11.6 Å². The molecule has 1 saturated carbocycles. The van der Waals surface area contributed by atoms with E-state index >= 15 is 0 Å². The van der Waals surface area contributed by atoms with Crippen LogP contribution in [0.2, 0.25) is 0 Å². The summed E-state index contributed by atoms with van der Waals surface area (Å²) in [5, 5.41) is 5.73. The van der Waals surface area contributed by atoms with Gasteiger partial charge in [-0.2, -0.15) is 0 Å². The maximum absolute atomic E-state index is 14.5. The lowest BCUT2D eigenvalue weighted by Gasteiger charge is -2.34. The van der Waals surface area contributed by atoms with Gasteiger partial charge in [-0.05, 0) is 46.0 Å². The Morgan fingerprint density at radius 2 is 1.70 bits per heavy atom. The summed E-state index contributed by atoms with van der Waals surface area (Å²) in [5.74, 6) is -3.69. The number of aliphatic hydroxyl groups excluding tert-OH is 1. The lowest BCUT2D eigenvalue weighted by atomic mass is 9.96. The van der Waals surface area contributed by atoms with Crippen molar-refractivity contribution in [1.82, 2.24) is 0 Å². The van der Waals surface area contributed by atoms with Crippen LogP contribution < -0.4 is 0 Å². The summed E-state index contributed by atoms with van der Waals surface area (Å²) in [4.78, 5) is 0. The van der Waals surface area contributed by atoms with Gasteiger partial charge in [-0.3, -0.25) is 0 Å². The smallest absolute Gasteiger partial charge is 0.292 e. The molecular weight excluding hydrogens is 421 g/mol. The first kappa shape index (κ1) is 28.0. The van der Waals surface area contributed by atoms with Crippen LogP contribution in [-0.4, -0.2) is 60.4 Å². The van der Waals surface area contributed by atoms with E-state index in [9.17, 15) is 13.2 Å². The fraction of sp³-hybridized carbons (Fsp3) is 1.00. The molecule has 1 fully saturated rings. The highest BCUT2D eigenvalue weighted by molar-refractivity contribution is 6.23. The zero-order chi connectivity index (χ0) is 22.6. The molecule has 0 bridgehead atoms. The summed E-state index contributed by atoms with van der Waals surface area (Å²) in [6.45, 7) is 5.16. The maximum Gasteiger partial charge on any atom is 0.292 e. The van der Waals surface area contributed by atoms with Crippen molar-refractivity contribution in [2.75, 3.05) is 19.8 Å². The Kier molecular flexibility index (Phi) is 13.2. The van der Waals surface area contributed by atoms with E-state index in [-0.39, 0.29) is 37.9 Å². The minimum Gasteiger partial charge on any atom is -0.396 e. The predicted molar refractivity (Wildman–Crippen MR) is 113 cm³/mol. The fourth-order valence-corrected chi connectivity index (χ4v) is 4.01. The van der Waals surface area contributed by atoms with Gasteiger partial charge in [0, 0.05) is 39.6 Å². The number of rotatable bonds is 16. The standard InChI is InChI=1S/C22H40ClF3O4/c1-4-28-17(2)14-19(30-18-10-6-5-7-11-18)15-20(29-13-9-8-12-27)16-22(23,26)21(3,24)25/h17-20,27H,4-16H2,1-3H3. The lowest BCUT2D eigenvalue weighted by molar-refractivity contribution is -0.119. The van der Waals surface area contributed by atoms with Crippen molar-refractivity contribution in [1.29, 1.82) is 0 Å². The van der Waals surface area contributed by atoms with Gasteiger partial charge in [0.25, 0.3) is 5.92 Å². The molecule has 1 aliphatic rings. The van der Waals surface area contributed by atoms with Gasteiger partial charge in [0.2, 0.25) is 5.13 Å². The first-order valence-electron chi connectivity index (χ1n) is 11.3. The average molecular weight is 461 g/mol. The fourth-order valence-electron chi connectivity index (χ4n) is 3.84. The van der Waals surface area contributed by atoms with Crippen LogP contribution in [0.5, 0.6) is 0 Å². The zero-order valence-corrected chi connectivity index (χ0v) is 19.4. The number of halogens is 4. The Bertz CT molecular complexity index is 443. The monoisotopic (exact) mass is 460 g/mol. The predicted octanol–water partition coefficient (Wildman–Crippen LogP) is 6.02. The molecule has 0 aliphatic heterocycles. The molecule has 8 heteroatoms. The summed E-state index contributed by atoms with van der Waals surface area (Å²) in [6.07, 6.45) is 5.57. The number of alkyl halides is 4. The first-order chi connectivity index (χ1) is 14.1. The van der Waals surface area contributed by atoms with Gasteiger partial charge < -0.3 is 19.3 Å². The molecule has 0 aromatic rings. The van der Waals surface area contributed by atoms with Gasteiger partial charge >= 0.3 is 0 Å². The van der Waals surface area contributed by atoms with Crippen molar-refractivity contribution in [2.45, 2.75) is 120 Å². The second-order valence-electron chi connectivity index (χ2n) is 8.48. The van der Waals surface area contributed by atoms with Gasteiger partial charge in [0.05, 0.1) is 24.4 Å². The number of hydrogen-bond donors (Lipinski definition) is 1. The summed E-state index contributed by atoms with van der Waals surface area (Å²) in [7, 11) is 0. The minimum absolute atomic E-state index is 0.0168. The normalized spacial score (nSPS) is 21.2. The van der Waals surface area contributed by atoms with Crippen LogP contribution in [0, 0.1) is 0 Å². The topological polar surface area (TPSA) is 47.9 Å². The summed E-state index contributed by atoms with van der Waals surface area (Å²) < 4.78 is 59.6. The van der Waals surface area contributed by atoms with Crippen molar-refractivity contribution in [3.8, 4) is 0 Å². The van der Waals surface area contributed by atoms with Gasteiger partial charge in [0.15, 0.2) is 0 Å². The summed E-state index contributed by atoms with van der Waals surface area (Å²) in [5.41, 5.74) is 0. The van der Waals surface area contributed by atoms with Crippen molar-refractivity contribution in [3.63, 3.8) is 0 Å². The van der Waals surface area contributed by atoms with Crippen LogP contribution in [0.25, 0.3) is 0 Å². The molecule has 4 nitrogen and oxygen atoms in total. The van der Waals surface area contributed by atoms with Gasteiger partial charge in [-0.15, -0.1) is 0 Å². The van der Waals surface area contributed by atoms with Crippen molar-refractivity contribution in [3.05, 3.63) is 0 Å². The Morgan fingerprint density at radius 1 is 1.03 bits per heavy atom. The van der Waals surface area contributed by atoms with Gasteiger partial charge in [-0.1, -0.05) is 30.9 Å². The molecule has 0 radical (unpaired) electrons. The third-order valence-electron chi connectivity index (χ3n) is 5.54. The minimum atomic E-state index is -3.69. The molecular formula is C22H40ClF3O4. The molecule has 0 spiro atoms. The van der Waals surface area contributed by atoms with Crippen LogP contribution in [0.1, 0.15) is 85.0 Å². The highest BCUT2D eigenvalue weighted by Crippen LogP contribution is 2.41. The third-order valence-corrected chi connectivity index (χ3v) is 6.03. The number of ether oxygens (including phenoxy) is 3. The van der Waals surface area contributed by atoms with Crippen LogP contribution in [0.15, 0.2) is 0 Å². The molecule has 30 heavy (non-hydrogen) atoms. The molecule has 0 heterocycles. The van der Waals surface area contributed by atoms with Crippen molar-refractivity contribution in [2.24, 2.45) is 0 Å². The maximum atomic E-state index is 14.5. The van der Waals surface area contributed by atoms with Crippen LogP contribution in [0.3, 0.4) is 0 Å². The Morgan fingerprint density at radius 3 is 2.27 bits per heavy atom. The van der Waals surface area contributed by atoms with E-state index in [4.69, 9.17) is 30.9 Å². The van der Waals surface area contributed by atoms with E-state index in [2.05, 4.69) is 0 Å². The van der Waals surface area contributed by atoms with Crippen molar-refractivity contribution < 1.29 is 32.5 Å². The molecule has 1 rings (SSSR count). The number of unbranched alkanes of at least 4 members (excludes halogenated alkanes) is 1. The second-order valence-corrected chi connectivity index (χ2v) is 9.08. The zero-order valence-electron chi connectivity index (χ0n) is 18.7. The molecule has 1 N–H and O–H groups in total. The highest BCUT2D eigenvalue weighted by atomic mass is 35.5. The van der Waals surface area contributed by atoms with E-state index in [0.29, 0.717) is 32.8 Å². The third kappa shape index (κ3) is 11.0. The Labute approximate surface area is 184 Å². The molecule has 4 atom stereocenters. The molecule has 180 valence electrons. The van der Waals surface area contributed by atoms with E-state index in [1.165, 1.54) is 6.42 Å². The van der Waals surface area contributed by atoms with E-state index in [0.717, 1.165) is 25.7 Å². The first-order valence-corrected chi connectivity index (χ1v) is 11.7. The molecule has 1 aliphatic carbocycles. The number of hydrogen-bond acceptors (Lipinski definition) is 4. The Balaban J connectivity index is 2.84. The molecule has 0 amide bonds. The van der Waals surface area contributed by atoms with Gasteiger partial charge in [-0.25, -0.2) is 13.2 Å². The van der Waals surface area contributed by atoms with E-state index < -0.39 is 23.6 Å². The van der Waals surface area contributed by atoms with E-state index in [1.54, 1.807) is 0 Å².